The number of hydrogen-bond acceptors (Lipinski definition) is 4. The molecule has 37 heavy (non-hydrogen) atoms. The van der Waals surface area contributed by atoms with Crippen molar-refractivity contribution in [2.24, 2.45) is 5.41 Å². The van der Waals surface area contributed by atoms with Crippen LogP contribution in [0.3, 0.4) is 0 Å². The van der Waals surface area contributed by atoms with E-state index in [1.165, 1.54) is 22.3 Å². The van der Waals surface area contributed by atoms with Gasteiger partial charge in [0, 0.05) is 11.8 Å². The number of carboxylic acid groups (broad SMARTS) is 1. The maximum Gasteiger partial charge on any atom is 1.00 e. The van der Waals surface area contributed by atoms with E-state index in [1.54, 1.807) is 6.92 Å². The summed E-state index contributed by atoms with van der Waals surface area (Å²) in [6.45, 7) is 16.3. The van der Waals surface area contributed by atoms with Crippen molar-refractivity contribution in [3.8, 4) is 5.75 Å². The molecule has 3 atom stereocenters. The molecule has 2 aromatic carbocycles. The first-order valence-corrected chi connectivity index (χ1v) is 13.2. The molecule has 3 unspecified atom stereocenters. The third kappa shape index (κ3) is 8.56. The molecule has 0 radical (unpaired) electrons. The second-order valence-corrected chi connectivity index (χ2v) is 11.4. The van der Waals surface area contributed by atoms with Crippen molar-refractivity contribution in [2.75, 3.05) is 0 Å². The zero-order valence-electron chi connectivity index (χ0n) is 25.4. The van der Waals surface area contributed by atoms with E-state index in [1.807, 2.05) is 19.1 Å². The number of aryl methyl sites for hydroxylation is 3. The molecule has 0 aliphatic heterocycles. The SMILES string of the molecule is CCC(CC)(c1ccc(CCC(O)C(C)(C)C)c(C)c1)c1ccc(OC(CC(C)O)C(=O)O)c(C)c1.[H-].[Na+]. The topological polar surface area (TPSA) is 87.0 Å². The van der Waals surface area contributed by atoms with Gasteiger partial charge in [0.2, 0.25) is 0 Å². The summed E-state index contributed by atoms with van der Waals surface area (Å²) in [7, 11) is 0. The minimum absolute atomic E-state index is 0. The quantitative estimate of drug-likeness (QED) is 0.372. The molecule has 0 heterocycles. The van der Waals surface area contributed by atoms with Crippen molar-refractivity contribution in [2.45, 2.75) is 111 Å². The number of aliphatic hydroxyl groups excluding tert-OH is 2. The second kappa shape index (κ2) is 14.1. The molecular formula is C31H47NaO5. The molecule has 0 aromatic heterocycles. The van der Waals surface area contributed by atoms with E-state index in [4.69, 9.17) is 4.74 Å². The van der Waals surface area contributed by atoms with E-state index in [0.717, 1.165) is 31.2 Å². The Morgan fingerprint density at radius 3 is 1.95 bits per heavy atom. The van der Waals surface area contributed by atoms with Gasteiger partial charge in [0.15, 0.2) is 6.10 Å². The van der Waals surface area contributed by atoms with Crippen molar-refractivity contribution in [1.29, 1.82) is 0 Å². The van der Waals surface area contributed by atoms with Gasteiger partial charge in [0.25, 0.3) is 0 Å². The van der Waals surface area contributed by atoms with Crippen LogP contribution in [0.1, 0.15) is 96.5 Å². The van der Waals surface area contributed by atoms with Crippen LogP contribution in [0.2, 0.25) is 0 Å². The molecule has 5 nitrogen and oxygen atoms in total. The minimum Gasteiger partial charge on any atom is -1.00 e. The smallest absolute Gasteiger partial charge is 1.00 e. The zero-order valence-corrected chi connectivity index (χ0v) is 26.4. The molecule has 0 saturated carbocycles. The molecule has 0 aliphatic carbocycles. The van der Waals surface area contributed by atoms with Gasteiger partial charge in [0.1, 0.15) is 5.75 Å². The fourth-order valence-corrected chi connectivity index (χ4v) is 4.97. The average Bonchev–Trinajstić information content (AvgIpc) is 2.79. The summed E-state index contributed by atoms with van der Waals surface area (Å²) in [4.78, 5) is 11.6. The van der Waals surface area contributed by atoms with Crippen LogP contribution in [0.4, 0.5) is 0 Å². The summed E-state index contributed by atoms with van der Waals surface area (Å²) in [6, 6.07) is 12.7. The first-order chi connectivity index (χ1) is 16.7. The van der Waals surface area contributed by atoms with Gasteiger partial charge < -0.3 is 21.5 Å². The van der Waals surface area contributed by atoms with E-state index in [-0.39, 0.29) is 54.3 Å². The molecule has 0 aliphatic rings. The Morgan fingerprint density at radius 1 is 0.973 bits per heavy atom. The fourth-order valence-electron chi connectivity index (χ4n) is 4.97. The minimum atomic E-state index is -1.09. The summed E-state index contributed by atoms with van der Waals surface area (Å²) < 4.78 is 5.78. The van der Waals surface area contributed by atoms with Crippen LogP contribution in [-0.2, 0) is 16.6 Å². The maximum absolute atomic E-state index is 11.6. The van der Waals surface area contributed by atoms with Crippen LogP contribution >= 0.6 is 0 Å². The van der Waals surface area contributed by atoms with Crippen molar-refractivity contribution >= 4 is 5.97 Å². The normalized spacial score (nSPS) is 14.4. The van der Waals surface area contributed by atoms with Gasteiger partial charge in [-0.1, -0.05) is 65.0 Å². The number of aliphatic hydroxyl groups is 2. The van der Waals surface area contributed by atoms with Gasteiger partial charge in [-0.15, -0.1) is 0 Å². The molecular weight excluding hydrogens is 475 g/mol. The van der Waals surface area contributed by atoms with Crippen LogP contribution in [0, 0.1) is 19.3 Å². The van der Waals surface area contributed by atoms with Gasteiger partial charge in [-0.25, -0.2) is 4.79 Å². The Hall–Kier alpha value is -1.37. The Kier molecular flexibility index (Phi) is 12.9. The number of benzene rings is 2. The Balaban J connectivity index is 0.00000684. The second-order valence-electron chi connectivity index (χ2n) is 11.4. The first-order valence-electron chi connectivity index (χ1n) is 13.2. The van der Waals surface area contributed by atoms with Crippen LogP contribution < -0.4 is 34.3 Å². The van der Waals surface area contributed by atoms with Crippen LogP contribution in [0.5, 0.6) is 5.75 Å². The van der Waals surface area contributed by atoms with Gasteiger partial charge in [-0.05, 0) is 85.8 Å². The molecule has 3 N–H and O–H groups in total. The average molecular weight is 523 g/mol. The van der Waals surface area contributed by atoms with Gasteiger partial charge in [0.05, 0.1) is 12.2 Å². The first kappa shape index (κ1) is 33.7. The standard InChI is InChI=1S/C31H46O5.Na.H/c1-9-31(10-2,24-13-11-23(20(3)17-24)12-16-28(33)30(6,7)8)25-14-15-26(21(4)18-25)36-27(29(34)35)19-22(5)32;;/h11,13-15,17-18,22,27-28,32-33H,9-10,12,16,19H2,1-8H3,(H,34,35);;/q;+1;-1. The molecule has 2 rings (SSSR count). The Labute approximate surface area is 247 Å². The van der Waals surface area contributed by atoms with Crippen LogP contribution in [0.15, 0.2) is 36.4 Å². The number of hydrogen-bond donors (Lipinski definition) is 3. The van der Waals surface area contributed by atoms with Crippen molar-refractivity contribution in [1.82, 2.24) is 0 Å². The molecule has 0 fully saturated rings. The molecule has 202 valence electrons. The summed E-state index contributed by atoms with van der Waals surface area (Å²) in [6.07, 6.45) is 1.26. The number of rotatable bonds is 12. The molecule has 0 bridgehead atoms. The van der Waals surface area contributed by atoms with Gasteiger partial charge in [-0.2, -0.15) is 0 Å². The van der Waals surface area contributed by atoms with Crippen molar-refractivity contribution in [3.05, 3.63) is 64.2 Å². The summed E-state index contributed by atoms with van der Waals surface area (Å²) in [5, 5.41) is 29.6. The van der Waals surface area contributed by atoms with Crippen molar-refractivity contribution in [3.63, 3.8) is 0 Å². The number of carbonyl (C=O) groups is 1. The molecule has 6 heteroatoms. The predicted octanol–water partition coefficient (Wildman–Crippen LogP) is 3.47. The van der Waals surface area contributed by atoms with E-state index in [0.29, 0.717) is 5.75 Å². The molecule has 2 aromatic rings. The van der Waals surface area contributed by atoms with Crippen LogP contribution in [-0.4, -0.2) is 39.6 Å². The predicted molar refractivity (Wildman–Crippen MR) is 147 cm³/mol. The Morgan fingerprint density at radius 2 is 1.51 bits per heavy atom. The number of aliphatic carboxylic acids is 1. The van der Waals surface area contributed by atoms with Gasteiger partial charge >= 0.3 is 35.5 Å². The van der Waals surface area contributed by atoms with Crippen molar-refractivity contribution < 1.29 is 55.8 Å². The maximum atomic E-state index is 11.6. The van der Waals surface area contributed by atoms with Crippen LogP contribution in [0.25, 0.3) is 0 Å². The number of ether oxygens (including phenoxy) is 1. The monoisotopic (exact) mass is 522 g/mol. The summed E-state index contributed by atoms with van der Waals surface area (Å²) >= 11 is 0. The van der Waals surface area contributed by atoms with E-state index in [2.05, 4.69) is 65.8 Å². The van der Waals surface area contributed by atoms with E-state index in [9.17, 15) is 20.1 Å². The largest absolute Gasteiger partial charge is 1.00 e. The number of carboxylic acids is 1. The van der Waals surface area contributed by atoms with E-state index < -0.39 is 18.2 Å². The third-order valence-electron chi connectivity index (χ3n) is 7.62. The zero-order chi connectivity index (χ0) is 27.3. The summed E-state index contributed by atoms with van der Waals surface area (Å²) in [5.41, 5.74) is 5.51. The molecule has 0 spiro atoms. The summed E-state index contributed by atoms with van der Waals surface area (Å²) in [5.74, 6) is -0.557. The Bertz CT molecular complexity index is 1030. The third-order valence-corrected chi connectivity index (χ3v) is 7.62. The van der Waals surface area contributed by atoms with Gasteiger partial charge in [-0.3, -0.25) is 0 Å². The molecule has 0 amide bonds. The van der Waals surface area contributed by atoms with E-state index >= 15 is 0 Å². The molecule has 0 saturated heterocycles. The fraction of sp³-hybridized carbons (Fsp3) is 0.581.